The van der Waals surface area contributed by atoms with Crippen LogP contribution in [0.15, 0.2) is 42.5 Å². The summed E-state index contributed by atoms with van der Waals surface area (Å²) in [6.07, 6.45) is 10.4. The summed E-state index contributed by atoms with van der Waals surface area (Å²) in [6.45, 7) is 2.03. The van der Waals surface area contributed by atoms with E-state index in [1.807, 2.05) is 6.92 Å². The molecular formula is C22H24F2O2. The second-order valence-electron chi connectivity index (χ2n) is 7.06. The topological polar surface area (TPSA) is 26.3 Å². The minimum Gasteiger partial charge on any atom is -0.426 e. The molecule has 2 aromatic rings. The van der Waals surface area contributed by atoms with Crippen LogP contribution in [0.5, 0.6) is 5.75 Å². The average molecular weight is 358 g/mol. The van der Waals surface area contributed by atoms with Gasteiger partial charge in [-0.2, -0.15) is 0 Å². The first-order valence-corrected chi connectivity index (χ1v) is 9.28. The Morgan fingerprint density at radius 2 is 1.77 bits per heavy atom. The minimum atomic E-state index is -0.905. The molecule has 138 valence electrons. The first-order chi connectivity index (χ1) is 12.6. The molecule has 0 atom stereocenters. The number of ether oxygens (including phenoxy) is 1. The molecule has 0 spiro atoms. The van der Waals surface area contributed by atoms with E-state index in [1.54, 1.807) is 18.2 Å². The molecule has 1 saturated carbocycles. The van der Waals surface area contributed by atoms with Crippen LogP contribution in [-0.2, 0) is 4.79 Å². The van der Waals surface area contributed by atoms with Gasteiger partial charge in [-0.15, -0.1) is 0 Å². The minimum absolute atomic E-state index is 0.0754. The lowest BCUT2D eigenvalue weighted by atomic mass is 9.80. The second-order valence-corrected chi connectivity index (χ2v) is 7.06. The Morgan fingerprint density at radius 1 is 1.08 bits per heavy atom. The van der Waals surface area contributed by atoms with Crippen LogP contribution in [0.3, 0.4) is 0 Å². The lowest BCUT2D eigenvalue weighted by Gasteiger charge is -2.26. The summed E-state index contributed by atoms with van der Waals surface area (Å²) >= 11 is 0. The molecule has 26 heavy (non-hydrogen) atoms. The van der Waals surface area contributed by atoms with E-state index in [2.05, 4.69) is 12.2 Å². The largest absolute Gasteiger partial charge is 0.426 e. The van der Waals surface area contributed by atoms with E-state index >= 15 is 0 Å². The Bertz CT molecular complexity index is 805. The van der Waals surface area contributed by atoms with E-state index in [1.165, 1.54) is 6.42 Å². The first kappa shape index (κ1) is 18.6. The van der Waals surface area contributed by atoms with Gasteiger partial charge < -0.3 is 4.74 Å². The number of hydrogen-bond donors (Lipinski definition) is 0. The van der Waals surface area contributed by atoms with Crippen LogP contribution in [0.1, 0.15) is 45.4 Å². The first-order valence-electron chi connectivity index (χ1n) is 9.28. The van der Waals surface area contributed by atoms with Gasteiger partial charge in [0.15, 0.2) is 11.6 Å². The van der Waals surface area contributed by atoms with Gasteiger partial charge in [-0.05, 0) is 86.4 Å². The summed E-state index contributed by atoms with van der Waals surface area (Å²) in [4.78, 5) is 12.4. The number of allylic oxidation sites excluding steroid dienone is 2. The van der Waals surface area contributed by atoms with Crippen molar-refractivity contribution in [3.05, 3.63) is 54.1 Å². The van der Waals surface area contributed by atoms with Crippen LogP contribution in [0.4, 0.5) is 8.78 Å². The fourth-order valence-electron chi connectivity index (χ4n) is 3.67. The van der Waals surface area contributed by atoms with Gasteiger partial charge in [0, 0.05) is 0 Å². The Balaban J connectivity index is 1.58. The summed E-state index contributed by atoms with van der Waals surface area (Å²) in [7, 11) is 0. The molecule has 4 heteroatoms. The van der Waals surface area contributed by atoms with Crippen molar-refractivity contribution in [2.75, 3.05) is 0 Å². The van der Waals surface area contributed by atoms with Gasteiger partial charge in [0.25, 0.3) is 0 Å². The maximum Gasteiger partial charge on any atom is 0.314 e. The maximum absolute atomic E-state index is 13.4. The highest BCUT2D eigenvalue weighted by Crippen LogP contribution is 2.33. The van der Waals surface area contributed by atoms with Crippen LogP contribution in [0.25, 0.3) is 10.8 Å². The lowest BCUT2D eigenvalue weighted by molar-refractivity contribution is -0.140. The predicted octanol–water partition coefficient (Wildman–Crippen LogP) is 6.19. The normalized spacial score (nSPS) is 20.6. The van der Waals surface area contributed by atoms with Crippen molar-refractivity contribution >= 4 is 16.7 Å². The molecule has 0 aromatic heterocycles. The third-order valence-electron chi connectivity index (χ3n) is 5.23. The Labute approximate surface area is 152 Å². The highest BCUT2D eigenvalue weighted by molar-refractivity contribution is 5.85. The standard InChI is InChI=1S/C22H24F2O2/c1-2-3-4-5-15-6-8-16(9-7-15)22(25)26-19-11-10-17-13-20(23)21(24)14-18(17)12-19/h2-3,10-16H,4-9H2,1H3/b3-2+. The van der Waals surface area contributed by atoms with E-state index < -0.39 is 11.6 Å². The van der Waals surface area contributed by atoms with Gasteiger partial charge in [-0.3, -0.25) is 4.79 Å². The van der Waals surface area contributed by atoms with E-state index in [-0.39, 0.29) is 11.9 Å². The van der Waals surface area contributed by atoms with Crippen LogP contribution in [-0.4, -0.2) is 5.97 Å². The summed E-state index contributed by atoms with van der Waals surface area (Å²) in [5, 5.41) is 1.09. The summed E-state index contributed by atoms with van der Waals surface area (Å²) in [5.74, 6) is -1.02. The van der Waals surface area contributed by atoms with Crippen LogP contribution in [0.2, 0.25) is 0 Å². The summed E-state index contributed by atoms with van der Waals surface area (Å²) in [5.41, 5.74) is 0. The van der Waals surface area contributed by atoms with Crippen molar-refractivity contribution in [1.29, 1.82) is 0 Å². The number of carbonyl (C=O) groups excluding carboxylic acids is 1. The molecule has 0 N–H and O–H groups in total. The zero-order valence-corrected chi connectivity index (χ0v) is 15.0. The predicted molar refractivity (Wildman–Crippen MR) is 99.0 cm³/mol. The molecule has 0 bridgehead atoms. The van der Waals surface area contributed by atoms with Crippen LogP contribution >= 0.6 is 0 Å². The van der Waals surface area contributed by atoms with Gasteiger partial charge in [0.1, 0.15) is 5.75 Å². The van der Waals surface area contributed by atoms with Gasteiger partial charge in [-0.25, -0.2) is 8.78 Å². The quantitative estimate of drug-likeness (QED) is 0.362. The number of benzene rings is 2. The number of esters is 1. The highest BCUT2D eigenvalue weighted by atomic mass is 19.2. The molecule has 1 fully saturated rings. The molecule has 0 unspecified atom stereocenters. The van der Waals surface area contributed by atoms with Crippen LogP contribution in [0, 0.1) is 23.5 Å². The van der Waals surface area contributed by atoms with Gasteiger partial charge in [0.2, 0.25) is 0 Å². The Morgan fingerprint density at radius 3 is 2.46 bits per heavy atom. The maximum atomic E-state index is 13.4. The lowest BCUT2D eigenvalue weighted by Crippen LogP contribution is -2.25. The third-order valence-corrected chi connectivity index (χ3v) is 5.23. The van der Waals surface area contributed by atoms with Gasteiger partial charge in [0.05, 0.1) is 5.92 Å². The van der Waals surface area contributed by atoms with Crippen molar-refractivity contribution in [3.8, 4) is 5.75 Å². The van der Waals surface area contributed by atoms with Gasteiger partial charge in [-0.1, -0.05) is 18.2 Å². The molecule has 0 heterocycles. The van der Waals surface area contributed by atoms with E-state index in [9.17, 15) is 13.6 Å². The van der Waals surface area contributed by atoms with Crippen molar-refractivity contribution in [1.82, 2.24) is 0 Å². The molecule has 0 aliphatic heterocycles. The van der Waals surface area contributed by atoms with Crippen molar-refractivity contribution in [2.24, 2.45) is 11.8 Å². The number of fused-ring (bicyclic) bond motifs is 1. The molecule has 1 aliphatic rings. The zero-order valence-electron chi connectivity index (χ0n) is 15.0. The molecule has 2 nitrogen and oxygen atoms in total. The zero-order chi connectivity index (χ0) is 18.5. The van der Waals surface area contributed by atoms with E-state index in [4.69, 9.17) is 4.74 Å². The van der Waals surface area contributed by atoms with Crippen molar-refractivity contribution in [2.45, 2.75) is 45.4 Å². The summed E-state index contributed by atoms with van der Waals surface area (Å²) < 4.78 is 32.2. The number of halogens is 2. The number of hydrogen-bond acceptors (Lipinski definition) is 2. The monoisotopic (exact) mass is 358 g/mol. The number of carbonyl (C=O) groups is 1. The third kappa shape index (κ3) is 4.48. The van der Waals surface area contributed by atoms with Crippen molar-refractivity contribution in [3.63, 3.8) is 0 Å². The second kappa shape index (κ2) is 8.43. The highest BCUT2D eigenvalue weighted by Gasteiger charge is 2.27. The van der Waals surface area contributed by atoms with Crippen LogP contribution < -0.4 is 4.74 Å². The molecule has 3 rings (SSSR count). The van der Waals surface area contributed by atoms with E-state index in [0.29, 0.717) is 22.4 Å². The average Bonchev–Trinajstić information content (AvgIpc) is 2.64. The molecule has 0 amide bonds. The van der Waals surface area contributed by atoms with Crippen molar-refractivity contribution < 1.29 is 18.3 Å². The molecule has 0 radical (unpaired) electrons. The SMILES string of the molecule is C/C=C/CCC1CCC(C(=O)Oc2ccc3cc(F)c(F)cc3c2)CC1. The fourth-order valence-corrected chi connectivity index (χ4v) is 3.67. The smallest absolute Gasteiger partial charge is 0.314 e. The molecular weight excluding hydrogens is 334 g/mol. The number of rotatable bonds is 5. The molecule has 1 aliphatic carbocycles. The molecule has 2 aromatic carbocycles. The van der Waals surface area contributed by atoms with E-state index in [0.717, 1.165) is 44.2 Å². The molecule has 0 saturated heterocycles. The Kier molecular flexibility index (Phi) is 6.02. The Hall–Kier alpha value is -2.23. The fraction of sp³-hybridized carbons (Fsp3) is 0.409. The summed E-state index contributed by atoms with van der Waals surface area (Å²) in [6, 6.07) is 7.11. The van der Waals surface area contributed by atoms with Gasteiger partial charge >= 0.3 is 5.97 Å².